The summed E-state index contributed by atoms with van der Waals surface area (Å²) in [6.45, 7) is 9.59. The van der Waals surface area contributed by atoms with Crippen molar-refractivity contribution in [2.24, 2.45) is 0 Å². The Morgan fingerprint density at radius 2 is 1.66 bits per heavy atom. The van der Waals surface area contributed by atoms with Gasteiger partial charge in [0.25, 0.3) is 0 Å². The Kier molecular flexibility index (Phi) is 11.1. The molecule has 2 aromatic rings. The van der Waals surface area contributed by atoms with Gasteiger partial charge in [0.05, 0.1) is 26.5 Å². The van der Waals surface area contributed by atoms with Crippen LogP contribution in [0.2, 0.25) is 0 Å². The van der Waals surface area contributed by atoms with Crippen LogP contribution in [0.25, 0.3) is 11.3 Å². The first-order valence-corrected chi connectivity index (χ1v) is 13.0. The highest BCUT2D eigenvalue weighted by Crippen LogP contribution is 2.32. The van der Waals surface area contributed by atoms with Crippen molar-refractivity contribution in [3.8, 4) is 22.8 Å². The lowest BCUT2D eigenvalue weighted by Crippen LogP contribution is -2.53. The van der Waals surface area contributed by atoms with Crippen molar-refractivity contribution in [3.05, 3.63) is 30.3 Å². The van der Waals surface area contributed by atoms with Gasteiger partial charge in [-0.25, -0.2) is 0 Å². The number of benzene rings is 1. The molecular weight excluding hydrogens is 488 g/mol. The summed E-state index contributed by atoms with van der Waals surface area (Å²) in [7, 11) is 4.71. The van der Waals surface area contributed by atoms with Gasteiger partial charge in [-0.1, -0.05) is 13.8 Å². The minimum atomic E-state index is -0.171. The molecule has 11 nitrogen and oxygen atoms in total. The average molecular weight is 529 g/mol. The molecule has 2 heterocycles. The molecule has 1 saturated heterocycles. The predicted octanol–water partition coefficient (Wildman–Crippen LogP) is 1.63. The predicted molar refractivity (Wildman–Crippen MR) is 146 cm³/mol. The summed E-state index contributed by atoms with van der Waals surface area (Å²) >= 11 is 0. The first kappa shape index (κ1) is 29.1. The zero-order chi connectivity index (χ0) is 27.5. The molecule has 0 atom stereocenters. The quantitative estimate of drug-likeness (QED) is 0.384. The maximum Gasteiger partial charge on any atom is 0.249 e. The smallest absolute Gasteiger partial charge is 0.249 e. The minimum absolute atomic E-state index is 0.0314. The van der Waals surface area contributed by atoms with E-state index >= 15 is 0 Å². The van der Waals surface area contributed by atoms with E-state index in [-0.39, 0.29) is 25.0 Å². The van der Waals surface area contributed by atoms with Crippen LogP contribution < -0.4 is 14.4 Å². The number of methoxy groups -OCH3 is 3. The molecule has 208 valence electrons. The molecule has 38 heavy (non-hydrogen) atoms. The number of carbonyl (C=O) groups is 2. The second-order valence-electron chi connectivity index (χ2n) is 8.99. The molecule has 1 aliphatic rings. The highest BCUT2D eigenvalue weighted by atomic mass is 16.5. The third kappa shape index (κ3) is 7.55. The Hall–Kier alpha value is -3.44. The van der Waals surface area contributed by atoms with Gasteiger partial charge in [0.2, 0.25) is 11.8 Å². The van der Waals surface area contributed by atoms with Gasteiger partial charge in [-0.05, 0) is 37.4 Å². The number of hydrogen-bond donors (Lipinski definition) is 0. The lowest BCUT2D eigenvalue weighted by atomic mass is 10.1. The summed E-state index contributed by atoms with van der Waals surface area (Å²) in [6, 6.07) is 9.42. The number of aromatic nitrogens is 2. The molecule has 1 aromatic carbocycles. The molecule has 0 spiro atoms. The lowest BCUT2D eigenvalue weighted by molar-refractivity contribution is -0.143. The monoisotopic (exact) mass is 528 g/mol. The molecule has 0 saturated carbocycles. The second kappa shape index (κ2) is 14.5. The van der Waals surface area contributed by atoms with Crippen molar-refractivity contribution in [1.29, 1.82) is 0 Å². The zero-order valence-corrected chi connectivity index (χ0v) is 23.2. The Balaban J connectivity index is 1.58. The highest BCUT2D eigenvalue weighted by Gasteiger charge is 2.25. The number of rotatable bonds is 13. The van der Waals surface area contributed by atoms with Crippen molar-refractivity contribution >= 4 is 17.6 Å². The van der Waals surface area contributed by atoms with E-state index in [1.807, 2.05) is 35.2 Å². The van der Waals surface area contributed by atoms with E-state index in [0.717, 1.165) is 31.0 Å². The summed E-state index contributed by atoms with van der Waals surface area (Å²) < 4.78 is 15.8. The van der Waals surface area contributed by atoms with Gasteiger partial charge < -0.3 is 33.8 Å². The molecule has 0 radical (unpaired) electrons. The van der Waals surface area contributed by atoms with Gasteiger partial charge in [-0.15, -0.1) is 10.2 Å². The number of carbonyl (C=O) groups excluding carboxylic acids is 2. The molecule has 1 fully saturated rings. The van der Waals surface area contributed by atoms with Crippen LogP contribution in [0.1, 0.15) is 13.8 Å². The average Bonchev–Trinajstić information content (AvgIpc) is 2.96. The van der Waals surface area contributed by atoms with Crippen molar-refractivity contribution in [2.75, 3.05) is 91.7 Å². The minimum Gasteiger partial charge on any atom is -0.497 e. The Morgan fingerprint density at radius 1 is 0.921 bits per heavy atom. The molecule has 2 amide bonds. The van der Waals surface area contributed by atoms with E-state index in [9.17, 15) is 9.59 Å². The van der Waals surface area contributed by atoms with Crippen molar-refractivity contribution < 1.29 is 23.8 Å². The van der Waals surface area contributed by atoms with Gasteiger partial charge in [0.15, 0.2) is 5.82 Å². The molecule has 3 rings (SSSR count). The molecule has 0 aliphatic carbocycles. The fourth-order valence-corrected chi connectivity index (χ4v) is 4.40. The first-order valence-electron chi connectivity index (χ1n) is 13.0. The van der Waals surface area contributed by atoms with E-state index in [1.165, 1.54) is 7.11 Å². The van der Waals surface area contributed by atoms with Crippen molar-refractivity contribution in [1.82, 2.24) is 24.9 Å². The maximum atomic E-state index is 13.1. The van der Waals surface area contributed by atoms with Crippen LogP contribution in [0.5, 0.6) is 11.5 Å². The normalized spacial score (nSPS) is 13.5. The summed E-state index contributed by atoms with van der Waals surface area (Å²) in [5, 5.41) is 8.84. The SMILES string of the molecule is CCN(CC)CCN(CC(=O)N1CCN(c2ccc(-c3ccc(OC)cc3OC)nn2)CC1)C(=O)COC. The third-order valence-electron chi connectivity index (χ3n) is 6.82. The molecule has 0 unspecified atom stereocenters. The van der Waals surface area contributed by atoms with E-state index in [1.54, 1.807) is 19.1 Å². The summed E-state index contributed by atoms with van der Waals surface area (Å²) in [4.78, 5) is 33.4. The fourth-order valence-electron chi connectivity index (χ4n) is 4.40. The number of ether oxygens (including phenoxy) is 3. The topological polar surface area (TPSA) is 101 Å². The van der Waals surface area contributed by atoms with E-state index < -0.39 is 0 Å². The van der Waals surface area contributed by atoms with Gasteiger partial charge in [-0.3, -0.25) is 9.59 Å². The van der Waals surface area contributed by atoms with Gasteiger partial charge in [-0.2, -0.15) is 0 Å². The Morgan fingerprint density at radius 3 is 2.24 bits per heavy atom. The number of likely N-dealkylation sites (N-methyl/N-ethyl adjacent to an activating group) is 1. The molecular formula is C27H40N6O5. The van der Waals surface area contributed by atoms with E-state index in [2.05, 4.69) is 33.8 Å². The Labute approximate surface area is 225 Å². The highest BCUT2D eigenvalue weighted by molar-refractivity contribution is 5.85. The van der Waals surface area contributed by atoms with Crippen LogP contribution in [0.4, 0.5) is 5.82 Å². The fraction of sp³-hybridized carbons (Fsp3) is 0.556. The number of nitrogens with zero attached hydrogens (tertiary/aromatic N) is 6. The van der Waals surface area contributed by atoms with Crippen molar-refractivity contribution in [3.63, 3.8) is 0 Å². The van der Waals surface area contributed by atoms with Gasteiger partial charge >= 0.3 is 0 Å². The summed E-state index contributed by atoms with van der Waals surface area (Å²) in [5.41, 5.74) is 1.53. The maximum absolute atomic E-state index is 13.1. The van der Waals surface area contributed by atoms with Gasteiger partial charge in [0, 0.05) is 58.0 Å². The number of hydrogen-bond acceptors (Lipinski definition) is 9. The van der Waals surface area contributed by atoms with Crippen molar-refractivity contribution in [2.45, 2.75) is 13.8 Å². The van der Waals surface area contributed by atoms with E-state index in [0.29, 0.717) is 49.9 Å². The number of anilines is 1. The van der Waals surface area contributed by atoms with Crippen LogP contribution in [0.3, 0.4) is 0 Å². The van der Waals surface area contributed by atoms with E-state index in [4.69, 9.17) is 14.2 Å². The molecule has 11 heteroatoms. The lowest BCUT2D eigenvalue weighted by Gasteiger charge is -2.36. The largest absolute Gasteiger partial charge is 0.497 e. The molecule has 1 aromatic heterocycles. The molecule has 1 aliphatic heterocycles. The second-order valence-corrected chi connectivity index (χ2v) is 8.99. The molecule has 0 N–H and O–H groups in total. The van der Waals surface area contributed by atoms with Crippen LogP contribution in [0.15, 0.2) is 30.3 Å². The van der Waals surface area contributed by atoms with Gasteiger partial charge in [0.1, 0.15) is 18.1 Å². The number of piperazine rings is 1. The zero-order valence-electron chi connectivity index (χ0n) is 23.2. The summed E-state index contributed by atoms with van der Waals surface area (Å²) in [6.07, 6.45) is 0. The van der Waals surface area contributed by atoms with Crippen LogP contribution in [0, 0.1) is 0 Å². The standard InChI is InChI=1S/C27H40N6O5/c1-6-30(7-2)12-13-33(27(35)20-36-3)19-26(34)32-16-14-31(15-17-32)25-11-10-23(28-29-25)22-9-8-21(37-4)18-24(22)38-5/h8-11,18H,6-7,12-17,19-20H2,1-5H3. The van der Waals surface area contributed by atoms with Crippen LogP contribution in [-0.2, 0) is 14.3 Å². The Bertz CT molecular complexity index is 1040. The van der Waals surface area contributed by atoms with Crippen LogP contribution in [-0.4, -0.2) is 124 Å². The third-order valence-corrected chi connectivity index (χ3v) is 6.82. The molecule has 0 bridgehead atoms. The van der Waals surface area contributed by atoms with Crippen LogP contribution >= 0.6 is 0 Å². The number of amides is 2. The first-order chi connectivity index (χ1) is 18.4. The summed E-state index contributed by atoms with van der Waals surface area (Å²) in [5.74, 6) is 1.90.